The molecule has 0 unspecified atom stereocenters. The van der Waals surface area contributed by atoms with E-state index in [0.717, 1.165) is 9.80 Å². The number of carbonyl (C=O) groups excluding carboxylic acids is 4. The van der Waals surface area contributed by atoms with Crippen LogP contribution in [0.15, 0.2) is 72.8 Å². The highest BCUT2D eigenvalue weighted by Crippen LogP contribution is 2.23. The van der Waals surface area contributed by atoms with Gasteiger partial charge in [0.25, 0.3) is 23.6 Å². The van der Waals surface area contributed by atoms with Crippen molar-refractivity contribution in [2.75, 3.05) is 36.2 Å². The summed E-state index contributed by atoms with van der Waals surface area (Å²) in [6.07, 6.45) is 4.94. The molecule has 4 amide bonds. The number of ether oxygens (including phenoxy) is 3. The lowest BCUT2D eigenvalue weighted by Crippen LogP contribution is -2.29. The molecule has 2 aliphatic heterocycles. The summed E-state index contributed by atoms with van der Waals surface area (Å²) >= 11 is 0. The molecule has 0 bridgehead atoms. The summed E-state index contributed by atoms with van der Waals surface area (Å²) in [6.45, 7) is 1.35. The first-order valence-corrected chi connectivity index (χ1v) is 10.2. The third kappa shape index (κ3) is 5.16. The number of imide groups is 2. The van der Waals surface area contributed by atoms with Crippen LogP contribution in [-0.2, 0) is 23.9 Å². The van der Waals surface area contributed by atoms with Gasteiger partial charge >= 0.3 is 0 Å². The molecule has 4 rings (SSSR count). The summed E-state index contributed by atoms with van der Waals surface area (Å²) in [4.78, 5) is 48.9. The molecule has 0 radical (unpaired) electrons. The minimum atomic E-state index is -0.366. The van der Waals surface area contributed by atoms with E-state index in [1.54, 1.807) is 48.5 Å². The van der Waals surface area contributed by atoms with E-state index in [9.17, 15) is 19.2 Å². The Morgan fingerprint density at radius 2 is 0.818 bits per heavy atom. The van der Waals surface area contributed by atoms with Gasteiger partial charge in [0.15, 0.2) is 0 Å². The van der Waals surface area contributed by atoms with Crippen LogP contribution in [0.25, 0.3) is 0 Å². The SMILES string of the molecule is O=C1C=CC(=O)N1c1ccc(OCCOCCOc2ccc(N3C(=O)C=CC3=O)cc2)cc1. The van der Waals surface area contributed by atoms with Gasteiger partial charge in [-0.2, -0.15) is 0 Å². The maximum Gasteiger partial charge on any atom is 0.258 e. The molecule has 2 aliphatic rings. The van der Waals surface area contributed by atoms with Crippen LogP contribution in [0, 0.1) is 0 Å². The third-order valence-corrected chi connectivity index (χ3v) is 4.80. The molecule has 2 heterocycles. The molecular weight excluding hydrogens is 428 g/mol. The van der Waals surface area contributed by atoms with Gasteiger partial charge in [-0.25, -0.2) is 9.80 Å². The Hall–Kier alpha value is -4.24. The maximum absolute atomic E-state index is 11.7. The molecule has 0 aliphatic carbocycles. The van der Waals surface area contributed by atoms with E-state index in [2.05, 4.69) is 0 Å². The Kier molecular flexibility index (Phi) is 6.61. The topological polar surface area (TPSA) is 102 Å². The smallest absolute Gasteiger partial charge is 0.258 e. The van der Waals surface area contributed by atoms with Crippen molar-refractivity contribution in [1.82, 2.24) is 0 Å². The van der Waals surface area contributed by atoms with Crippen molar-refractivity contribution >= 4 is 35.0 Å². The molecule has 2 aromatic carbocycles. The van der Waals surface area contributed by atoms with Crippen LogP contribution in [0.2, 0.25) is 0 Å². The highest BCUT2D eigenvalue weighted by molar-refractivity contribution is 6.28. The van der Waals surface area contributed by atoms with Gasteiger partial charge in [0.1, 0.15) is 24.7 Å². The molecule has 0 spiro atoms. The lowest BCUT2D eigenvalue weighted by molar-refractivity contribution is -0.121. The molecule has 2 aromatic rings. The summed E-state index contributed by atoms with van der Waals surface area (Å²) in [6, 6.07) is 13.3. The zero-order chi connectivity index (χ0) is 23.2. The summed E-state index contributed by atoms with van der Waals surface area (Å²) < 4.78 is 16.7. The van der Waals surface area contributed by atoms with Gasteiger partial charge < -0.3 is 14.2 Å². The van der Waals surface area contributed by atoms with Crippen LogP contribution < -0.4 is 19.3 Å². The molecule has 9 heteroatoms. The summed E-state index contributed by atoms with van der Waals surface area (Å²) in [5.74, 6) is -0.279. The lowest BCUT2D eigenvalue weighted by Gasteiger charge is -2.15. The van der Waals surface area contributed by atoms with Gasteiger partial charge in [-0.05, 0) is 48.5 Å². The molecule has 0 N–H and O–H groups in total. The van der Waals surface area contributed by atoms with Crippen LogP contribution in [0.4, 0.5) is 11.4 Å². The number of nitrogens with zero attached hydrogens (tertiary/aromatic N) is 2. The number of hydrogen-bond donors (Lipinski definition) is 0. The fraction of sp³-hybridized carbons (Fsp3) is 0.167. The second kappa shape index (κ2) is 9.92. The minimum absolute atomic E-state index is 0.323. The van der Waals surface area contributed by atoms with Crippen LogP contribution in [0.3, 0.4) is 0 Å². The fourth-order valence-corrected chi connectivity index (χ4v) is 3.23. The van der Waals surface area contributed by atoms with Crippen molar-refractivity contribution in [2.45, 2.75) is 0 Å². The first-order valence-electron chi connectivity index (χ1n) is 10.2. The monoisotopic (exact) mass is 448 g/mol. The summed E-state index contributed by atoms with van der Waals surface area (Å²) in [7, 11) is 0. The fourth-order valence-electron chi connectivity index (χ4n) is 3.23. The first-order chi connectivity index (χ1) is 16.0. The Balaban J connectivity index is 1.12. The molecule has 0 saturated carbocycles. The molecule has 0 aromatic heterocycles. The van der Waals surface area contributed by atoms with E-state index >= 15 is 0 Å². The average molecular weight is 448 g/mol. The summed E-state index contributed by atoms with van der Waals surface area (Å²) in [5.41, 5.74) is 0.971. The Labute approximate surface area is 189 Å². The number of carbonyl (C=O) groups is 4. The molecule has 0 atom stereocenters. The van der Waals surface area contributed by atoms with E-state index < -0.39 is 0 Å². The lowest BCUT2D eigenvalue weighted by atomic mass is 10.3. The average Bonchev–Trinajstić information content (AvgIpc) is 3.34. The van der Waals surface area contributed by atoms with Crippen molar-refractivity contribution in [2.24, 2.45) is 0 Å². The van der Waals surface area contributed by atoms with Gasteiger partial charge in [0, 0.05) is 24.3 Å². The van der Waals surface area contributed by atoms with Crippen molar-refractivity contribution in [3.05, 3.63) is 72.8 Å². The van der Waals surface area contributed by atoms with Crippen LogP contribution in [0.1, 0.15) is 0 Å². The number of benzene rings is 2. The third-order valence-electron chi connectivity index (χ3n) is 4.80. The normalized spacial score (nSPS) is 15.2. The predicted octanol–water partition coefficient (Wildman–Crippen LogP) is 2.02. The van der Waals surface area contributed by atoms with E-state index in [-0.39, 0.29) is 23.6 Å². The highest BCUT2D eigenvalue weighted by Gasteiger charge is 2.25. The quantitative estimate of drug-likeness (QED) is 0.405. The standard InChI is InChI=1S/C24H20N2O7/c27-21-9-10-22(28)25(21)17-1-5-19(6-2-17)32-15-13-31-14-16-33-20-7-3-18(4-8-20)26-23(29)11-12-24(26)30/h1-12H,13-16H2. The van der Waals surface area contributed by atoms with Crippen LogP contribution in [0.5, 0.6) is 11.5 Å². The van der Waals surface area contributed by atoms with Gasteiger partial charge in [-0.3, -0.25) is 19.2 Å². The second-order valence-corrected chi connectivity index (χ2v) is 6.99. The van der Waals surface area contributed by atoms with Crippen LogP contribution >= 0.6 is 0 Å². The molecule has 0 saturated heterocycles. The number of rotatable bonds is 10. The molecule has 168 valence electrons. The zero-order valence-electron chi connectivity index (χ0n) is 17.5. The van der Waals surface area contributed by atoms with E-state index in [4.69, 9.17) is 14.2 Å². The Morgan fingerprint density at radius 3 is 1.15 bits per heavy atom. The molecule has 0 fully saturated rings. The Morgan fingerprint density at radius 1 is 0.485 bits per heavy atom. The molecule has 9 nitrogen and oxygen atoms in total. The largest absolute Gasteiger partial charge is 0.491 e. The Bertz CT molecular complexity index is 995. The predicted molar refractivity (Wildman–Crippen MR) is 118 cm³/mol. The van der Waals surface area contributed by atoms with E-state index in [1.165, 1.54) is 24.3 Å². The van der Waals surface area contributed by atoms with E-state index in [0.29, 0.717) is 49.3 Å². The highest BCUT2D eigenvalue weighted by atomic mass is 16.5. The zero-order valence-corrected chi connectivity index (χ0v) is 17.5. The molecular formula is C24H20N2O7. The minimum Gasteiger partial charge on any atom is -0.491 e. The first kappa shape index (κ1) is 22.0. The van der Waals surface area contributed by atoms with Gasteiger partial charge in [-0.15, -0.1) is 0 Å². The van der Waals surface area contributed by atoms with Crippen molar-refractivity contribution in [3.8, 4) is 11.5 Å². The summed E-state index contributed by atoms with van der Waals surface area (Å²) in [5, 5.41) is 0. The second-order valence-electron chi connectivity index (χ2n) is 6.99. The van der Waals surface area contributed by atoms with Crippen molar-refractivity contribution in [1.29, 1.82) is 0 Å². The van der Waals surface area contributed by atoms with Crippen molar-refractivity contribution < 1.29 is 33.4 Å². The number of anilines is 2. The van der Waals surface area contributed by atoms with Crippen LogP contribution in [-0.4, -0.2) is 50.1 Å². The van der Waals surface area contributed by atoms with Gasteiger partial charge in [0.2, 0.25) is 0 Å². The number of amides is 4. The van der Waals surface area contributed by atoms with Gasteiger partial charge in [0.05, 0.1) is 24.6 Å². The molecule has 33 heavy (non-hydrogen) atoms. The van der Waals surface area contributed by atoms with E-state index in [1.807, 2.05) is 0 Å². The van der Waals surface area contributed by atoms with Crippen molar-refractivity contribution in [3.63, 3.8) is 0 Å². The maximum atomic E-state index is 11.7. The van der Waals surface area contributed by atoms with Gasteiger partial charge in [-0.1, -0.05) is 0 Å². The number of hydrogen-bond acceptors (Lipinski definition) is 7.